The first-order valence-electron chi connectivity index (χ1n) is 10.5. The summed E-state index contributed by atoms with van der Waals surface area (Å²) in [6, 6.07) is -5.55. The van der Waals surface area contributed by atoms with Crippen LogP contribution in [0.2, 0.25) is 0 Å². The fourth-order valence-corrected chi connectivity index (χ4v) is 2.68. The number of guanidine groups is 1. The largest absolute Gasteiger partial charge is 0.481 e. The quantitative estimate of drug-likeness (QED) is 0.0616. The van der Waals surface area contributed by atoms with E-state index in [9.17, 15) is 34.2 Å². The summed E-state index contributed by atoms with van der Waals surface area (Å²) in [7, 11) is 0. The van der Waals surface area contributed by atoms with Crippen LogP contribution in [0.5, 0.6) is 0 Å². The van der Waals surface area contributed by atoms with Crippen LogP contribution >= 0.6 is 0 Å². The lowest BCUT2D eigenvalue weighted by Gasteiger charge is -2.27. The van der Waals surface area contributed by atoms with Gasteiger partial charge in [-0.1, -0.05) is 13.8 Å². The first kappa shape index (κ1) is 30.5. The van der Waals surface area contributed by atoms with Crippen LogP contribution < -0.4 is 33.2 Å². The molecular weight excluding hydrogens is 454 g/mol. The molecule has 15 heteroatoms. The summed E-state index contributed by atoms with van der Waals surface area (Å²) in [6.45, 7) is 4.57. The minimum absolute atomic E-state index is 0.0620. The van der Waals surface area contributed by atoms with Crippen LogP contribution in [-0.4, -0.2) is 87.8 Å². The maximum atomic E-state index is 12.7. The molecule has 0 aliphatic rings. The lowest BCUT2D eigenvalue weighted by molar-refractivity contribution is -0.144. The van der Waals surface area contributed by atoms with Gasteiger partial charge in [-0.2, -0.15) is 0 Å². The standard InChI is InChI=1S/C19H35N7O8/c1-8(2)14(26-16(31)13(20)9(3)27)17(32)25-11(7-12(28)29)15(30)24-10(18(33)34)5-4-6-23-19(21)22/h8-11,13-14,27H,4-7,20H2,1-3H3,(H,24,30)(H,25,32)(H,26,31)(H,28,29)(H,33,34)(H4,21,22,23). The molecule has 0 radical (unpaired) electrons. The SMILES string of the molecule is CC(C)C(NC(=O)C(N)C(C)O)C(=O)NC(CC(=O)O)C(=O)NC(CCCN=C(N)N)C(=O)O. The van der Waals surface area contributed by atoms with Crippen molar-refractivity contribution in [2.45, 2.75) is 70.3 Å². The fraction of sp³-hybridized carbons (Fsp3) is 0.684. The Morgan fingerprint density at radius 2 is 1.44 bits per heavy atom. The van der Waals surface area contributed by atoms with Gasteiger partial charge >= 0.3 is 11.9 Å². The molecule has 0 aliphatic carbocycles. The Bertz CT molecular complexity index is 768. The predicted octanol–water partition coefficient (Wildman–Crippen LogP) is -3.58. The van der Waals surface area contributed by atoms with Crippen molar-refractivity contribution in [1.82, 2.24) is 16.0 Å². The monoisotopic (exact) mass is 489 g/mol. The van der Waals surface area contributed by atoms with E-state index in [-0.39, 0.29) is 25.3 Å². The van der Waals surface area contributed by atoms with Crippen molar-refractivity contribution in [2.75, 3.05) is 6.54 Å². The van der Waals surface area contributed by atoms with Gasteiger partial charge in [0.1, 0.15) is 24.2 Å². The van der Waals surface area contributed by atoms with Gasteiger partial charge in [-0.15, -0.1) is 0 Å². The number of aliphatic hydroxyl groups excluding tert-OH is 1. The van der Waals surface area contributed by atoms with E-state index in [1.165, 1.54) is 6.92 Å². The Kier molecular flexibility index (Phi) is 13.2. The molecule has 0 aliphatic heterocycles. The van der Waals surface area contributed by atoms with Gasteiger partial charge < -0.3 is 48.5 Å². The van der Waals surface area contributed by atoms with E-state index in [2.05, 4.69) is 20.9 Å². The minimum atomic E-state index is -1.63. The Morgan fingerprint density at radius 3 is 1.88 bits per heavy atom. The third-order valence-electron chi connectivity index (χ3n) is 4.64. The number of hydrogen-bond acceptors (Lipinski definition) is 8. The third-order valence-corrected chi connectivity index (χ3v) is 4.64. The summed E-state index contributed by atoms with van der Waals surface area (Å²) in [5.41, 5.74) is 15.9. The molecule has 0 rings (SSSR count). The van der Waals surface area contributed by atoms with Gasteiger partial charge in [-0.05, 0) is 25.7 Å². The van der Waals surface area contributed by atoms with Crippen LogP contribution in [-0.2, 0) is 24.0 Å². The van der Waals surface area contributed by atoms with Gasteiger partial charge in [-0.3, -0.25) is 24.2 Å². The van der Waals surface area contributed by atoms with Gasteiger partial charge in [0.2, 0.25) is 17.7 Å². The Hall–Kier alpha value is -3.46. The topological polar surface area (TPSA) is 273 Å². The Morgan fingerprint density at radius 1 is 0.882 bits per heavy atom. The number of rotatable bonds is 15. The fourth-order valence-electron chi connectivity index (χ4n) is 2.68. The van der Waals surface area contributed by atoms with Crippen LogP contribution in [0.15, 0.2) is 4.99 Å². The van der Waals surface area contributed by atoms with E-state index < -0.39 is 72.3 Å². The number of amides is 3. The second kappa shape index (κ2) is 14.6. The summed E-state index contributed by atoms with van der Waals surface area (Å²) in [4.78, 5) is 63.9. The first-order chi connectivity index (χ1) is 15.7. The molecule has 0 aromatic rings. The molecule has 12 N–H and O–H groups in total. The number of carboxylic acid groups (broad SMARTS) is 2. The molecule has 34 heavy (non-hydrogen) atoms. The number of carbonyl (C=O) groups excluding carboxylic acids is 3. The number of aliphatic hydroxyl groups is 1. The van der Waals surface area contributed by atoms with Crippen molar-refractivity contribution in [3.05, 3.63) is 0 Å². The van der Waals surface area contributed by atoms with E-state index in [0.29, 0.717) is 0 Å². The third kappa shape index (κ3) is 11.4. The first-order valence-corrected chi connectivity index (χ1v) is 10.5. The summed E-state index contributed by atoms with van der Waals surface area (Å²) < 4.78 is 0. The molecule has 0 saturated heterocycles. The lowest BCUT2D eigenvalue weighted by atomic mass is 10.0. The maximum absolute atomic E-state index is 12.7. The van der Waals surface area contributed by atoms with E-state index in [1.807, 2.05) is 0 Å². The summed E-state index contributed by atoms with van der Waals surface area (Å²) in [6.07, 6.45) is -1.89. The highest BCUT2D eigenvalue weighted by Crippen LogP contribution is 2.06. The molecule has 0 spiro atoms. The molecule has 15 nitrogen and oxygen atoms in total. The number of nitrogens with two attached hydrogens (primary N) is 3. The van der Waals surface area contributed by atoms with E-state index in [4.69, 9.17) is 22.3 Å². The van der Waals surface area contributed by atoms with Crippen LogP contribution in [0.4, 0.5) is 0 Å². The van der Waals surface area contributed by atoms with Gasteiger partial charge in [0.15, 0.2) is 5.96 Å². The second-order valence-electron chi connectivity index (χ2n) is 8.00. The highest BCUT2D eigenvalue weighted by Gasteiger charge is 2.33. The molecule has 0 saturated carbocycles. The smallest absolute Gasteiger partial charge is 0.326 e. The van der Waals surface area contributed by atoms with Crippen molar-refractivity contribution in [3.8, 4) is 0 Å². The molecule has 3 amide bonds. The lowest BCUT2D eigenvalue weighted by Crippen LogP contribution is -2.59. The second-order valence-corrected chi connectivity index (χ2v) is 8.00. The Balaban J connectivity index is 5.42. The predicted molar refractivity (Wildman–Crippen MR) is 120 cm³/mol. The maximum Gasteiger partial charge on any atom is 0.326 e. The van der Waals surface area contributed by atoms with Crippen LogP contribution in [0.1, 0.15) is 40.0 Å². The Labute approximate surface area is 196 Å². The van der Waals surface area contributed by atoms with Crippen molar-refractivity contribution >= 4 is 35.6 Å². The number of aliphatic imine (C=N–C) groups is 1. The molecule has 0 aromatic heterocycles. The number of hydrogen-bond donors (Lipinski definition) is 9. The number of carbonyl (C=O) groups is 5. The highest BCUT2D eigenvalue weighted by atomic mass is 16.4. The van der Waals surface area contributed by atoms with Crippen LogP contribution in [0, 0.1) is 5.92 Å². The van der Waals surface area contributed by atoms with Crippen molar-refractivity contribution in [2.24, 2.45) is 28.1 Å². The van der Waals surface area contributed by atoms with Gasteiger partial charge in [0.05, 0.1) is 12.5 Å². The molecule has 5 unspecified atom stereocenters. The molecular formula is C19H35N7O8. The molecule has 0 heterocycles. The molecule has 0 bridgehead atoms. The summed E-state index contributed by atoms with van der Waals surface area (Å²) in [5.74, 6) is -6.24. The van der Waals surface area contributed by atoms with Crippen molar-refractivity contribution in [1.29, 1.82) is 0 Å². The zero-order chi connectivity index (χ0) is 26.6. The number of aliphatic carboxylic acids is 2. The van der Waals surface area contributed by atoms with Crippen molar-refractivity contribution in [3.63, 3.8) is 0 Å². The summed E-state index contributed by atoms with van der Waals surface area (Å²) in [5, 5.41) is 34.7. The van der Waals surface area contributed by atoms with Crippen molar-refractivity contribution < 1.29 is 39.3 Å². The van der Waals surface area contributed by atoms with Gasteiger partial charge in [0, 0.05) is 6.54 Å². The number of nitrogens with zero attached hydrogens (tertiary/aromatic N) is 1. The minimum Gasteiger partial charge on any atom is -0.481 e. The van der Waals surface area contributed by atoms with E-state index >= 15 is 0 Å². The van der Waals surface area contributed by atoms with Crippen LogP contribution in [0.25, 0.3) is 0 Å². The number of nitrogens with one attached hydrogen (secondary N) is 3. The normalized spacial score (nSPS) is 15.2. The highest BCUT2D eigenvalue weighted by molar-refractivity contribution is 5.95. The summed E-state index contributed by atoms with van der Waals surface area (Å²) >= 11 is 0. The average molecular weight is 490 g/mol. The molecule has 5 atom stereocenters. The van der Waals surface area contributed by atoms with Gasteiger partial charge in [-0.25, -0.2) is 4.79 Å². The average Bonchev–Trinajstić information content (AvgIpc) is 2.71. The number of carboxylic acids is 2. The zero-order valence-electron chi connectivity index (χ0n) is 19.4. The molecule has 0 aromatic carbocycles. The molecule has 0 fully saturated rings. The molecule has 194 valence electrons. The van der Waals surface area contributed by atoms with E-state index in [1.54, 1.807) is 13.8 Å². The zero-order valence-corrected chi connectivity index (χ0v) is 19.4. The van der Waals surface area contributed by atoms with E-state index in [0.717, 1.165) is 0 Å². The van der Waals surface area contributed by atoms with Gasteiger partial charge in [0.25, 0.3) is 0 Å². The van der Waals surface area contributed by atoms with Crippen LogP contribution in [0.3, 0.4) is 0 Å².